The SMILES string of the molecule is Cc1ccc([C@H]2[C@@H]3C(=O)N(c4ccc(C)c(C)c4)C(=O)[C@@H]3N3CCCN23)cc1. The molecule has 0 spiro atoms. The molecule has 0 saturated carbocycles. The topological polar surface area (TPSA) is 43.9 Å². The van der Waals surface area contributed by atoms with E-state index in [2.05, 4.69) is 41.2 Å². The number of amides is 2. The van der Waals surface area contributed by atoms with Gasteiger partial charge in [-0.1, -0.05) is 35.9 Å². The second-order valence-electron chi connectivity index (χ2n) is 8.29. The molecule has 0 N–H and O–H groups in total. The van der Waals surface area contributed by atoms with Crippen molar-refractivity contribution in [2.75, 3.05) is 18.0 Å². The van der Waals surface area contributed by atoms with E-state index >= 15 is 0 Å². The fourth-order valence-corrected chi connectivity index (χ4v) is 5.00. The highest BCUT2D eigenvalue weighted by Gasteiger charge is 2.62. The number of imide groups is 1. The number of rotatable bonds is 2. The number of hydrogen-bond acceptors (Lipinski definition) is 4. The van der Waals surface area contributed by atoms with Crippen LogP contribution in [0.4, 0.5) is 5.69 Å². The first-order valence-electron chi connectivity index (χ1n) is 10.0. The van der Waals surface area contributed by atoms with Crippen LogP contribution in [-0.2, 0) is 9.59 Å². The molecule has 3 aliphatic rings. The van der Waals surface area contributed by atoms with Crippen molar-refractivity contribution >= 4 is 17.5 Å². The predicted octanol–water partition coefficient (Wildman–Crippen LogP) is 3.15. The van der Waals surface area contributed by atoms with Gasteiger partial charge in [-0.3, -0.25) is 9.59 Å². The normalized spacial score (nSPS) is 27.5. The molecule has 0 bridgehead atoms. The van der Waals surface area contributed by atoms with Gasteiger partial charge in [0.05, 0.1) is 17.6 Å². The zero-order chi connectivity index (χ0) is 19.6. The first-order valence-corrected chi connectivity index (χ1v) is 10.0. The van der Waals surface area contributed by atoms with Crippen molar-refractivity contribution in [2.45, 2.75) is 39.3 Å². The van der Waals surface area contributed by atoms with Crippen molar-refractivity contribution in [3.63, 3.8) is 0 Å². The Labute approximate surface area is 165 Å². The molecule has 3 fully saturated rings. The van der Waals surface area contributed by atoms with Crippen LogP contribution in [0.25, 0.3) is 0 Å². The van der Waals surface area contributed by atoms with Crippen LogP contribution >= 0.6 is 0 Å². The Morgan fingerprint density at radius 1 is 0.786 bits per heavy atom. The van der Waals surface area contributed by atoms with E-state index in [1.54, 1.807) is 0 Å². The van der Waals surface area contributed by atoms with Gasteiger partial charge in [-0.05, 0) is 56.0 Å². The lowest BCUT2D eigenvalue weighted by atomic mass is 9.89. The fraction of sp³-hybridized carbons (Fsp3) is 0.391. The average molecular weight is 375 g/mol. The van der Waals surface area contributed by atoms with Gasteiger partial charge < -0.3 is 0 Å². The van der Waals surface area contributed by atoms with Gasteiger partial charge in [0.2, 0.25) is 5.91 Å². The van der Waals surface area contributed by atoms with E-state index in [4.69, 9.17) is 0 Å². The number of anilines is 1. The van der Waals surface area contributed by atoms with E-state index in [1.165, 1.54) is 10.5 Å². The Bertz CT molecular complexity index is 968. The van der Waals surface area contributed by atoms with Crippen LogP contribution in [0.3, 0.4) is 0 Å². The number of carbonyl (C=O) groups is 2. The van der Waals surface area contributed by atoms with Gasteiger partial charge in [0.25, 0.3) is 5.91 Å². The standard InChI is InChI=1S/C23H25N3O2/c1-14-5-8-17(9-6-14)20-19-21(25-12-4-11-24(20)25)23(28)26(22(19)27)18-10-7-15(2)16(3)13-18/h5-10,13,19-21H,4,11-12H2,1-3H3/t19-,20-,21+/m0/s1. The molecule has 5 rings (SSSR count). The zero-order valence-electron chi connectivity index (χ0n) is 16.6. The lowest BCUT2D eigenvalue weighted by Crippen LogP contribution is -2.44. The molecule has 3 aliphatic heterocycles. The number of benzene rings is 2. The summed E-state index contributed by atoms with van der Waals surface area (Å²) in [6, 6.07) is 13.8. The second kappa shape index (κ2) is 6.26. The number of nitrogens with zero attached hydrogens (tertiary/aromatic N) is 3. The predicted molar refractivity (Wildman–Crippen MR) is 108 cm³/mol. The van der Waals surface area contributed by atoms with Crippen molar-refractivity contribution in [3.8, 4) is 0 Å². The third-order valence-corrected chi connectivity index (χ3v) is 6.57. The number of hydrogen-bond donors (Lipinski definition) is 0. The molecule has 0 radical (unpaired) electrons. The van der Waals surface area contributed by atoms with E-state index < -0.39 is 0 Å². The molecule has 2 aromatic carbocycles. The maximum atomic E-state index is 13.5. The monoisotopic (exact) mass is 375 g/mol. The molecule has 3 heterocycles. The van der Waals surface area contributed by atoms with E-state index in [0.717, 1.165) is 36.2 Å². The average Bonchev–Trinajstić information content (AvgIpc) is 3.31. The number of fused-ring (bicyclic) bond motifs is 3. The number of hydrazine groups is 1. The largest absolute Gasteiger partial charge is 0.274 e. The minimum absolute atomic E-state index is 0.0684. The molecule has 2 amide bonds. The van der Waals surface area contributed by atoms with Gasteiger partial charge in [-0.25, -0.2) is 14.9 Å². The van der Waals surface area contributed by atoms with Crippen LogP contribution in [0.15, 0.2) is 42.5 Å². The van der Waals surface area contributed by atoms with Crippen molar-refractivity contribution in [2.24, 2.45) is 5.92 Å². The summed E-state index contributed by atoms with van der Waals surface area (Å²) >= 11 is 0. The molecule has 5 heteroatoms. The molecular weight excluding hydrogens is 350 g/mol. The first kappa shape index (κ1) is 17.6. The maximum absolute atomic E-state index is 13.5. The second-order valence-corrected chi connectivity index (χ2v) is 8.29. The maximum Gasteiger partial charge on any atom is 0.253 e. The van der Waals surface area contributed by atoms with Crippen LogP contribution in [0, 0.1) is 26.7 Å². The van der Waals surface area contributed by atoms with Gasteiger partial charge in [-0.2, -0.15) is 0 Å². The number of carbonyl (C=O) groups excluding carboxylic acids is 2. The molecule has 28 heavy (non-hydrogen) atoms. The molecule has 3 saturated heterocycles. The molecular formula is C23H25N3O2. The van der Waals surface area contributed by atoms with E-state index in [0.29, 0.717) is 5.69 Å². The van der Waals surface area contributed by atoms with Crippen molar-refractivity contribution in [1.82, 2.24) is 10.0 Å². The Morgan fingerprint density at radius 3 is 2.14 bits per heavy atom. The molecule has 0 aromatic heterocycles. The van der Waals surface area contributed by atoms with Gasteiger partial charge in [0, 0.05) is 13.1 Å². The van der Waals surface area contributed by atoms with Gasteiger partial charge in [-0.15, -0.1) is 0 Å². The highest BCUT2D eigenvalue weighted by atomic mass is 16.2. The van der Waals surface area contributed by atoms with Crippen LogP contribution in [0.2, 0.25) is 0 Å². The lowest BCUT2D eigenvalue weighted by molar-refractivity contribution is -0.126. The summed E-state index contributed by atoms with van der Waals surface area (Å²) in [5.74, 6) is -0.505. The Morgan fingerprint density at radius 2 is 1.46 bits per heavy atom. The summed E-state index contributed by atoms with van der Waals surface area (Å²) in [6.45, 7) is 7.85. The zero-order valence-corrected chi connectivity index (χ0v) is 16.6. The summed E-state index contributed by atoms with van der Waals surface area (Å²) in [4.78, 5) is 28.4. The molecule has 144 valence electrons. The van der Waals surface area contributed by atoms with Crippen molar-refractivity contribution in [1.29, 1.82) is 0 Å². The Kier molecular flexibility index (Phi) is 3.93. The van der Waals surface area contributed by atoms with Crippen LogP contribution in [0.5, 0.6) is 0 Å². The van der Waals surface area contributed by atoms with E-state index in [-0.39, 0.29) is 29.8 Å². The van der Waals surface area contributed by atoms with E-state index in [9.17, 15) is 9.59 Å². The van der Waals surface area contributed by atoms with E-state index in [1.807, 2.05) is 32.0 Å². The highest BCUT2D eigenvalue weighted by Crippen LogP contribution is 2.48. The fourth-order valence-electron chi connectivity index (χ4n) is 5.00. The third-order valence-electron chi connectivity index (χ3n) is 6.57. The molecule has 5 nitrogen and oxygen atoms in total. The summed E-state index contributed by atoms with van der Waals surface area (Å²) in [7, 11) is 0. The summed E-state index contributed by atoms with van der Waals surface area (Å²) in [6.07, 6.45) is 1.02. The summed E-state index contributed by atoms with van der Waals surface area (Å²) < 4.78 is 0. The summed E-state index contributed by atoms with van der Waals surface area (Å²) in [5.41, 5.74) is 5.26. The highest BCUT2D eigenvalue weighted by molar-refractivity contribution is 6.24. The molecule has 0 aliphatic carbocycles. The minimum atomic E-state index is -0.386. The lowest BCUT2D eigenvalue weighted by Gasteiger charge is -2.30. The smallest absolute Gasteiger partial charge is 0.253 e. The van der Waals surface area contributed by atoms with Crippen LogP contribution in [-0.4, -0.2) is 41.0 Å². The minimum Gasteiger partial charge on any atom is -0.274 e. The van der Waals surface area contributed by atoms with Crippen molar-refractivity contribution in [3.05, 3.63) is 64.7 Å². The van der Waals surface area contributed by atoms with Crippen LogP contribution in [0.1, 0.15) is 34.7 Å². The number of aryl methyl sites for hydroxylation is 3. The summed E-state index contributed by atoms with van der Waals surface area (Å²) in [5, 5.41) is 4.41. The van der Waals surface area contributed by atoms with Gasteiger partial charge in [0.15, 0.2) is 0 Å². The van der Waals surface area contributed by atoms with Gasteiger partial charge in [0.1, 0.15) is 6.04 Å². The third kappa shape index (κ3) is 2.39. The molecule has 0 unspecified atom stereocenters. The first-order chi connectivity index (χ1) is 13.5. The van der Waals surface area contributed by atoms with Gasteiger partial charge >= 0.3 is 0 Å². The Balaban J connectivity index is 1.58. The van der Waals surface area contributed by atoms with Crippen LogP contribution < -0.4 is 4.90 Å². The molecule has 2 aromatic rings. The van der Waals surface area contributed by atoms with Crippen molar-refractivity contribution < 1.29 is 9.59 Å². The Hall–Kier alpha value is -2.50. The quantitative estimate of drug-likeness (QED) is 0.757. The molecule has 3 atom stereocenters.